The molecule has 108 valence electrons. The Hall–Kier alpha value is -1.01. The van der Waals surface area contributed by atoms with Crippen molar-refractivity contribution in [2.45, 2.75) is 47.0 Å². The van der Waals surface area contributed by atoms with Gasteiger partial charge in [-0.1, -0.05) is 27.7 Å². The van der Waals surface area contributed by atoms with E-state index in [0.29, 0.717) is 18.3 Å². The lowest BCUT2D eigenvalue weighted by atomic mass is 9.75. The third-order valence-electron chi connectivity index (χ3n) is 3.71. The maximum Gasteiger partial charge on any atom is 0.310 e. The molecule has 3 heteroatoms. The van der Waals surface area contributed by atoms with Crippen molar-refractivity contribution in [2.75, 3.05) is 19.6 Å². The van der Waals surface area contributed by atoms with Gasteiger partial charge in [0.25, 0.3) is 0 Å². The van der Waals surface area contributed by atoms with Gasteiger partial charge in [-0.3, -0.25) is 4.79 Å². The second-order valence-corrected chi connectivity index (χ2v) is 6.43. The summed E-state index contributed by atoms with van der Waals surface area (Å²) in [5.74, 6) is 6.45. The van der Waals surface area contributed by atoms with Gasteiger partial charge < -0.3 is 10.0 Å². The highest BCUT2D eigenvalue weighted by molar-refractivity contribution is 5.75. The van der Waals surface area contributed by atoms with Crippen LogP contribution in [0.25, 0.3) is 0 Å². The van der Waals surface area contributed by atoms with Crippen LogP contribution in [0.5, 0.6) is 0 Å². The molecule has 1 rings (SSSR count). The van der Waals surface area contributed by atoms with E-state index < -0.39 is 11.4 Å². The molecule has 0 unspecified atom stereocenters. The van der Waals surface area contributed by atoms with Gasteiger partial charge in [-0.05, 0) is 31.8 Å². The Morgan fingerprint density at radius 1 is 1.26 bits per heavy atom. The lowest BCUT2D eigenvalue weighted by Gasteiger charge is -2.38. The summed E-state index contributed by atoms with van der Waals surface area (Å²) in [6.07, 6.45) is 1.94. The molecule has 19 heavy (non-hydrogen) atoms. The largest absolute Gasteiger partial charge is 0.481 e. The van der Waals surface area contributed by atoms with Crippen molar-refractivity contribution < 1.29 is 9.90 Å². The number of carboxylic acids is 1. The van der Waals surface area contributed by atoms with Gasteiger partial charge in [0.2, 0.25) is 0 Å². The van der Waals surface area contributed by atoms with Crippen molar-refractivity contribution in [3.8, 4) is 11.8 Å². The molecule has 1 aliphatic rings. The van der Waals surface area contributed by atoms with Gasteiger partial charge in [0.15, 0.2) is 0 Å². The first-order chi connectivity index (χ1) is 8.85. The van der Waals surface area contributed by atoms with Gasteiger partial charge in [-0.2, -0.15) is 0 Å². The molecule has 1 heterocycles. The minimum atomic E-state index is -0.672. The first-order valence-corrected chi connectivity index (χ1v) is 7.30. The van der Waals surface area contributed by atoms with E-state index in [1.54, 1.807) is 0 Å². The van der Waals surface area contributed by atoms with Crippen LogP contribution in [-0.2, 0) is 4.79 Å². The standard InChI is InChI=1S/C16H27NO2/c1-13(2)6-5-7-16(15(18)19)8-10-17(11-9-16)12-14(3)4/h13-14H,7-12H2,1-4H3,(H,18,19). The average molecular weight is 265 g/mol. The SMILES string of the molecule is CC(C)C#CCC1(C(=O)O)CCN(CC(C)C)CC1. The molecule has 3 nitrogen and oxygen atoms in total. The number of likely N-dealkylation sites (tertiary alicyclic amines) is 1. The number of carboxylic acid groups (broad SMARTS) is 1. The molecule has 0 aromatic carbocycles. The van der Waals surface area contributed by atoms with Crippen LogP contribution in [-0.4, -0.2) is 35.6 Å². The van der Waals surface area contributed by atoms with Crippen LogP contribution in [0, 0.1) is 29.1 Å². The zero-order valence-corrected chi connectivity index (χ0v) is 12.7. The Balaban J connectivity index is 2.62. The number of aliphatic carboxylic acids is 1. The van der Waals surface area contributed by atoms with Crippen LogP contribution in [0.15, 0.2) is 0 Å². The summed E-state index contributed by atoms with van der Waals surface area (Å²) in [6.45, 7) is 11.3. The monoisotopic (exact) mass is 265 g/mol. The Morgan fingerprint density at radius 3 is 2.26 bits per heavy atom. The van der Waals surface area contributed by atoms with E-state index in [-0.39, 0.29) is 0 Å². The van der Waals surface area contributed by atoms with E-state index in [1.165, 1.54) is 0 Å². The van der Waals surface area contributed by atoms with Gasteiger partial charge >= 0.3 is 5.97 Å². The number of nitrogens with zero attached hydrogens (tertiary/aromatic N) is 1. The molecule has 1 N–H and O–H groups in total. The summed E-state index contributed by atoms with van der Waals surface area (Å²) in [5, 5.41) is 9.54. The second-order valence-electron chi connectivity index (χ2n) is 6.43. The van der Waals surface area contributed by atoms with Gasteiger partial charge in [-0.15, -0.1) is 11.8 Å². The summed E-state index contributed by atoms with van der Waals surface area (Å²) in [7, 11) is 0. The molecule has 0 spiro atoms. The maximum absolute atomic E-state index is 11.6. The summed E-state index contributed by atoms with van der Waals surface area (Å²) in [6, 6.07) is 0. The molecule has 0 bridgehead atoms. The smallest absolute Gasteiger partial charge is 0.310 e. The molecule has 0 aliphatic carbocycles. The molecular formula is C16H27NO2. The Bertz CT molecular complexity index is 355. The van der Waals surface area contributed by atoms with E-state index in [4.69, 9.17) is 0 Å². The van der Waals surface area contributed by atoms with Crippen molar-refractivity contribution in [2.24, 2.45) is 17.3 Å². The van der Waals surface area contributed by atoms with Gasteiger partial charge in [0, 0.05) is 18.9 Å². The fourth-order valence-electron chi connectivity index (χ4n) is 2.57. The molecule has 1 saturated heterocycles. The van der Waals surface area contributed by atoms with E-state index in [2.05, 4.69) is 30.6 Å². The Kier molecular flexibility index (Phi) is 5.87. The maximum atomic E-state index is 11.6. The normalized spacial score (nSPS) is 19.3. The zero-order chi connectivity index (χ0) is 14.5. The quantitative estimate of drug-likeness (QED) is 0.795. The third kappa shape index (κ3) is 4.87. The highest BCUT2D eigenvalue weighted by Gasteiger charge is 2.40. The van der Waals surface area contributed by atoms with Crippen LogP contribution in [0.4, 0.5) is 0 Å². The molecular weight excluding hydrogens is 238 g/mol. The van der Waals surface area contributed by atoms with Crippen LogP contribution in [0.3, 0.4) is 0 Å². The first kappa shape index (κ1) is 16.0. The molecule has 0 aromatic heterocycles. The van der Waals surface area contributed by atoms with Crippen molar-refractivity contribution in [1.29, 1.82) is 0 Å². The fourth-order valence-corrected chi connectivity index (χ4v) is 2.57. The van der Waals surface area contributed by atoms with Gasteiger partial charge in [0.1, 0.15) is 0 Å². The van der Waals surface area contributed by atoms with Crippen LogP contribution in [0.1, 0.15) is 47.0 Å². The predicted molar refractivity (Wildman–Crippen MR) is 77.8 cm³/mol. The molecule has 0 amide bonds. The topological polar surface area (TPSA) is 40.5 Å². The minimum Gasteiger partial charge on any atom is -0.481 e. The Morgan fingerprint density at radius 2 is 1.84 bits per heavy atom. The highest BCUT2D eigenvalue weighted by Crippen LogP contribution is 2.35. The van der Waals surface area contributed by atoms with Gasteiger partial charge in [0.05, 0.1) is 5.41 Å². The summed E-state index contributed by atoms with van der Waals surface area (Å²) < 4.78 is 0. The van der Waals surface area contributed by atoms with Crippen LogP contribution < -0.4 is 0 Å². The molecule has 0 radical (unpaired) electrons. The number of hydrogen-bond acceptors (Lipinski definition) is 2. The lowest BCUT2D eigenvalue weighted by Crippen LogP contribution is -2.45. The fraction of sp³-hybridized carbons (Fsp3) is 0.812. The third-order valence-corrected chi connectivity index (χ3v) is 3.71. The van der Waals surface area contributed by atoms with Crippen LogP contribution >= 0.6 is 0 Å². The minimum absolute atomic E-state index is 0.312. The highest BCUT2D eigenvalue weighted by atomic mass is 16.4. The van der Waals surface area contributed by atoms with E-state index in [1.807, 2.05) is 13.8 Å². The summed E-state index contributed by atoms with van der Waals surface area (Å²) in [5.41, 5.74) is -0.616. The lowest BCUT2D eigenvalue weighted by molar-refractivity contribution is -0.151. The first-order valence-electron chi connectivity index (χ1n) is 7.30. The molecule has 1 fully saturated rings. The second kappa shape index (κ2) is 6.96. The summed E-state index contributed by atoms with van der Waals surface area (Å²) in [4.78, 5) is 14.0. The van der Waals surface area contributed by atoms with Crippen molar-refractivity contribution >= 4 is 5.97 Å². The zero-order valence-electron chi connectivity index (χ0n) is 12.7. The number of carbonyl (C=O) groups is 1. The molecule has 0 aromatic rings. The molecule has 0 saturated carbocycles. The van der Waals surface area contributed by atoms with Crippen molar-refractivity contribution in [3.05, 3.63) is 0 Å². The number of rotatable bonds is 4. The van der Waals surface area contributed by atoms with Crippen molar-refractivity contribution in [1.82, 2.24) is 4.90 Å². The van der Waals surface area contributed by atoms with Crippen LogP contribution in [0.2, 0.25) is 0 Å². The predicted octanol–water partition coefficient (Wildman–Crippen LogP) is 2.86. The van der Waals surface area contributed by atoms with E-state index in [0.717, 1.165) is 32.5 Å². The number of hydrogen-bond donors (Lipinski definition) is 1. The van der Waals surface area contributed by atoms with E-state index >= 15 is 0 Å². The average Bonchev–Trinajstić information content (AvgIpc) is 2.30. The molecule has 1 aliphatic heterocycles. The van der Waals surface area contributed by atoms with Crippen molar-refractivity contribution in [3.63, 3.8) is 0 Å². The van der Waals surface area contributed by atoms with E-state index in [9.17, 15) is 9.90 Å². The number of piperidine rings is 1. The summed E-state index contributed by atoms with van der Waals surface area (Å²) >= 11 is 0. The molecule has 0 atom stereocenters. The Labute approximate surface area is 117 Å². The van der Waals surface area contributed by atoms with Gasteiger partial charge in [-0.25, -0.2) is 0 Å².